The lowest BCUT2D eigenvalue weighted by Gasteiger charge is -2.33. The minimum Gasteiger partial charge on any atom is -0.493 e. The average molecular weight is 329 g/mol. The summed E-state index contributed by atoms with van der Waals surface area (Å²) in [6.07, 6.45) is 7.70. The first kappa shape index (κ1) is 18.0. The number of methoxy groups -OCH3 is 1. The summed E-state index contributed by atoms with van der Waals surface area (Å²) in [7, 11) is 3.45. The first-order chi connectivity index (χ1) is 11.7. The number of terminal acetylenes is 1. The topological polar surface area (TPSA) is 46.1 Å². The van der Waals surface area contributed by atoms with Gasteiger partial charge in [-0.25, -0.2) is 0 Å². The second kappa shape index (κ2) is 9.07. The van der Waals surface area contributed by atoms with Crippen LogP contribution in [0.3, 0.4) is 0 Å². The van der Waals surface area contributed by atoms with E-state index in [1.165, 1.54) is 12.8 Å². The largest absolute Gasteiger partial charge is 0.493 e. The third-order valence-corrected chi connectivity index (χ3v) is 4.28. The second-order valence-corrected chi connectivity index (χ2v) is 6.05. The summed E-state index contributed by atoms with van der Waals surface area (Å²) in [5, 5.41) is 3.43. The van der Waals surface area contributed by atoms with E-state index >= 15 is 0 Å². The van der Waals surface area contributed by atoms with E-state index in [1.807, 2.05) is 25.2 Å². The molecule has 1 N–H and O–H groups in total. The molecule has 0 aliphatic carbocycles. The van der Waals surface area contributed by atoms with E-state index in [1.54, 1.807) is 7.11 Å². The SMILES string of the molecule is C#CCOc1cc(CNC(=NC)N2CCC(C)CC2)ccc1OC. The van der Waals surface area contributed by atoms with Crippen LogP contribution in [0.2, 0.25) is 0 Å². The van der Waals surface area contributed by atoms with Crippen LogP contribution in [0.25, 0.3) is 0 Å². The number of nitrogens with zero attached hydrogens (tertiary/aromatic N) is 2. The van der Waals surface area contributed by atoms with Gasteiger partial charge in [0.05, 0.1) is 7.11 Å². The molecule has 0 unspecified atom stereocenters. The lowest BCUT2D eigenvalue weighted by molar-refractivity contribution is 0.273. The summed E-state index contributed by atoms with van der Waals surface area (Å²) < 4.78 is 10.9. The Balaban J connectivity index is 1.98. The Morgan fingerprint density at radius 1 is 1.38 bits per heavy atom. The summed E-state index contributed by atoms with van der Waals surface area (Å²) in [5.74, 6) is 5.57. The van der Waals surface area contributed by atoms with E-state index < -0.39 is 0 Å². The highest BCUT2D eigenvalue weighted by atomic mass is 16.5. The zero-order valence-electron chi connectivity index (χ0n) is 14.8. The number of benzene rings is 1. The number of piperidine rings is 1. The Morgan fingerprint density at radius 2 is 2.12 bits per heavy atom. The fourth-order valence-electron chi connectivity index (χ4n) is 2.80. The summed E-state index contributed by atoms with van der Waals surface area (Å²) in [4.78, 5) is 6.73. The third-order valence-electron chi connectivity index (χ3n) is 4.28. The standard InChI is InChI=1S/C19H27N3O2/c1-5-12-24-18-13-16(6-7-17(18)23-4)14-21-19(20-3)22-10-8-15(2)9-11-22/h1,6-7,13,15H,8-12,14H2,2-4H3,(H,20,21). The van der Waals surface area contributed by atoms with E-state index in [0.717, 1.165) is 30.5 Å². The smallest absolute Gasteiger partial charge is 0.193 e. The summed E-state index contributed by atoms with van der Waals surface area (Å²) in [6.45, 7) is 5.32. The van der Waals surface area contributed by atoms with Crippen molar-refractivity contribution in [1.82, 2.24) is 10.2 Å². The number of aliphatic imine (C=N–C) groups is 1. The Kier molecular flexibility index (Phi) is 6.80. The van der Waals surface area contributed by atoms with Gasteiger partial charge >= 0.3 is 0 Å². The van der Waals surface area contributed by atoms with Crippen LogP contribution in [0, 0.1) is 18.3 Å². The highest BCUT2D eigenvalue weighted by molar-refractivity contribution is 5.80. The van der Waals surface area contributed by atoms with Gasteiger partial charge in [0.25, 0.3) is 0 Å². The third kappa shape index (κ3) is 4.82. The first-order valence-electron chi connectivity index (χ1n) is 8.36. The molecule has 0 atom stereocenters. The van der Waals surface area contributed by atoms with Crippen molar-refractivity contribution in [2.75, 3.05) is 33.9 Å². The fourth-order valence-corrected chi connectivity index (χ4v) is 2.80. The van der Waals surface area contributed by atoms with Crippen molar-refractivity contribution in [1.29, 1.82) is 0 Å². The highest BCUT2D eigenvalue weighted by Crippen LogP contribution is 2.28. The molecule has 130 valence electrons. The molecule has 1 fully saturated rings. The molecular weight excluding hydrogens is 302 g/mol. The molecule has 2 rings (SSSR count). The van der Waals surface area contributed by atoms with Gasteiger partial charge in [0, 0.05) is 26.7 Å². The molecule has 1 saturated heterocycles. The number of nitrogens with one attached hydrogen (secondary N) is 1. The molecule has 1 aliphatic heterocycles. The van der Waals surface area contributed by atoms with E-state index in [4.69, 9.17) is 15.9 Å². The summed E-state index contributed by atoms with van der Waals surface area (Å²) >= 11 is 0. The normalized spacial score (nSPS) is 15.8. The summed E-state index contributed by atoms with van der Waals surface area (Å²) in [5.41, 5.74) is 1.09. The van der Waals surface area contributed by atoms with Crippen LogP contribution in [-0.2, 0) is 6.54 Å². The van der Waals surface area contributed by atoms with Crippen molar-refractivity contribution >= 4 is 5.96 Å². The molecule has 0 spiro atoms. The predicted molar refractivity (Wildman–Crippen MR) is 97.5 cm³/mol. The number of hydrogen-bond donors (Lipinski definition) is 1. The van der Waals surface area contributed by atoms with Crippen LogP contribution >= 0.6 is 0 Å². The van der Waals surface area contributed by atoms with E-state index in [9.17, 15) is 0 Å². The van der Waals surface area contributed by atoms with E-state index in [2.05, 4.69) is 28.1 Å². The summed E-state index contributed by atoms with van der Waals surface area (Å²) in [6, 6.07) is 5.86. The molecular formula is C19H27N3O2. The Labute approximate surface area is 145 Å². The van der Waals surface area contributed by atoms with Crippen LogP contribution in [0.15, 0.2) is 23.2 Å². The van der Waals surface area contributed by atoms with Gasteiger partial charge in [-0.15, -0.1) is 6.42 Å². The molecule has 1 aromatic rings. The van der Waals surface area contributed by atoms with E-state index in [-0.39, 0.29) is 6.61 Å². The van der Waals surface area contributed by atoms with Gasteiger partial charge in [-0.2, -0.15) is 0 Å². The molecule has 5 heteroatoms. The minimum absolute atomic E-state index is 0.223. The zero-order valence-corrected chi connectivity index (χ0v) is 14.8. The number of likely N-dealkylation sites (tertiary alicyclic amines) is 1. The number of hydrogen-bond acceptors (Lipinski definition) is 3. The van der Waals surface area contributed by atoms with Gasteiger partial charge < -0.3 is 19.7 Å². The quantitative estimate of drug-likeness (QED) is 0.512. The Bertz CT molecular complexity index is 599. The van der Waals surface area contributed by atoms with Gasteiger partial charge in [-0.1, -0.05) is 18.9 Å². The van der Waals surface area contributed by atoms with Crippen molar-refractivity contribution in [2.24, 2.45) is 10.9 Å². The minimum atomic E-state index is 0.223. The van der Waals surface area contributed by atoms with E-state index in [0.29, 0.717) is 18.0 Å². The number of rotatable bonds is 5. The maximum atomic E-state index is 5.55. The van der Waals surface area contributed by atoms with Crippen molar-refractivity contribution in [3.05, 3.63) is 23.8 Å². The molecule has 0 amide bonds. The van der Waals surface area contributed by atoms with Crippen LogP contribution in [0.4, 0.5) is 0 Å². The highest BCUT2D eigenvalue weighted by Gasteiger charge is 2.18. The van der Waals surface area contributed by atoms with Crippen molar-refractivity contribution in [3.63, 3.8) is 0 Å². The molecule has 0 saturated carbocycles. The zero-order chi connectivity index (χ0) is 17.4. The molecule has 1 aliphatic rings. The maximum absolute atomic E-state index is 5.55. The van der Waals surface area contributed by atoms with Gasteiger partial charge in [-0.3, -0.25) is 4.99 Å². The number of guanidine groups is 1. The molecule has 0 radical (unpaired) electrons. The lowest BCUT2D eigenvalue weighted by atomic mass is 9.99. The first-order valence-corrected chi connectivity index (χ1v) is 8.36. The van der Waals surface area contributed by atoms with Crippen LogP contribution in [0.5, 0.6) is 11.5 Å². The molecule has 5 nitrogen and oxygen atoms in total. The predicted octanol–water partition coefficient (Wildman–Crippen LogP) is 2.51. The molecule has 24 heavy (non-hydrogen) atoms. The van der Waals surface area contributed by atoms with Crippen LogP contribution < -0.4 is 14.8 Å². The average Bonchev–Trinajstić information content (AvgIpc) is 2.62. The van der Waals surface area contributed by atoms with Crippen LogP contribution in [0.1, 0.15) is 25.3 Å². The molecule has 0 aromatic heterocycles. The Hall–Kier alpha value is -2.35. The maximum Gasteiger partial charge on any atom is 0.193 e. The molecule has 1 heterocycles. The molecule has 1 aromatic carbocycles. The second-order valence-electron chi connectivity index (χ2n) is 6.05. The van der Waals surface area contributed by atoms with Crippen molar-refractivity contribution in [2.45, 2.75) is 26.3 Å². The van der Waals surface area contributed by atoms with Gasteiger partial charge in [-0.05, 0) is 36.5 Å². The van der Waals surface area contributed by atoms with Crippen molar-refractivity contribution in [3.8, 4) is 23.8 Å². The monoisotopic (exact) mass is 329 g/mol. The molecule has 0 bridgehead atoms. The van der Waals surface area contributed by atoms with Crippen LogP contribution in [-0.4, -0.2) is 44.7 Å². The fraction of sp³-hybridized carbons (Fsp3) is 0.526. The van der Waals surface area contributed by atoms with Gasteiger partial charge in [0.1, 0.15) is 6.61 Å². The number of ether oxygens (including phenoxy) is 2. The lowest BCUT2D eigenvalue weighted by Crippen LogP contribution is -2.45. The van der Waals surface area contributed by atoms with Crippen molar-refractivity contribution < 1.29 is 9.47 Å². The van der Waals surface area contributed by atoms with Gasteiger partial charge in [0.2, 0.25) is 0 Å². The Morgan fingerprint density at radius 3 is 2.75 bits per heavy atom. The van der Waals surface area contributed by atoms with Gasteiger partial charge in [0.15, 0.2) is 17.5 Å².